The van der Waals surface area contributed by atoms with E-state index in [2.05, 4.69) is 42.4 Å². The molecule has 0 saturated carbocycles. The Bertz CT molecular complexity index is 482. The van der Waals surface area contributed by atoms with E-state index in [-0.39, 0.29) is 0 Å². The number of benzene rings is 1. The van der Waals surface area contributed by atoms with Crippen molar-refractivity contribution in [2.24, 2.45) is 5.73 Å². The summed E-state index contributed by atoms with van der Waals surface area (Å²) in [6.07, 6.45) is 2.01. The Morgan fingerprint density at radius 2 is 1.88 bits per heavy atom. The van der Waals surface area contributed by atoms with Crippen molar-refractivity contribution < 1.29 is 0 Å². The average Bonchev–Trinajstić information content (AvgIpc) is 2.73. The van der Waals surface area contributed by atoms with Gasteiger partial charge in [-0.3, -0.25) is 0 Å². The molecule has 0 radical (unpaired) electrons. The molecule has 2 rings (SSSR count). The van der Waals surface area contributed by atoms with Crippen LogP contribution in [0.5, 0.6) is 0 Å². The van der Waals surface area contributed by atoms with Crippen molar-refractivity contribution in [2.45, 2.75) is 26.7 Å². The van der Waals surface area contributed by atoms with Gasteiger partial charge in [0.25, 0.3) is 0 Å². The smallest absolute Gasteiger partial charge is 0.0933 e. The van der Waals surface area contributed by atoms with Crippen LogP contribution in [0.1, 0.15) is 22.6 Å². The van der Waals surface area contributed by atoms with Crippen LogP contribution in [0.4, 0.5) is 0 Å². The van der Waals surface area contributed by atoms with Gasteiger partial charge in [0.2, 0.25) is 0 Å². The summed E-state index contributed by atoms with van der Waals surface area (Å²) >= 11 is 1.73. The molecule has 0 atom stereocenters. The summed E-state index contributed by atoms with van der Waals surface area (Å²) in [5, 5.41) is 3.32. The second-order valence-electron chi connectivity index (χ2n) is 4.40. The standard InChI is InChI=1S/C14H18N2S/c1-10-6-11(2)8-12(7-10)13-9-17-14(16-13)4-3-5-15/h6-9H,3-5,15H2,1-2H3. The van der Waals surface area contributed by atoms with Crippen LogP contribution in [0.2, 0.25) is 0 Å². The SMILES string of the molecule is Cc1cc(C)cc(-c2csc(CCCN)n2)c1. The Balaban J connectivity index is 2.24. The molecule has 2 nitrogen and oxygen atoms in total. The van der Waals surface area contributed by atoms with Gasteiger partial charge in [-0.2, -0.15) is 0 Å². The first-order valence-corrected chi connectivity index (χ1v) is 6.80. The fraction of sp³-hybridized carbons (Fsp3) is 0.357. The van der Waals surface area contributed by atoms with Crippen LogP contribution in [0.25, 0.3) is 11.3 Å². The minimum Gasteiger partial charge on any atom is -0.330 e. The van der Waals surface area contributed by atoms with Gasteiger partial charge >= 0.3 is 0 Å². The lowest BCUT2D eigenvalue weighted by Crippen LogP contribution is -1.99. The third-order valence-corrected chi connectivity index (χ3v) is 3.57. The number of nitrogens with zero attached hydrogens (tertiary/aromatic N) is 1. The Labute approximate surface area is 107 Å². The lowest BCUT2D eigenvalue weighted by Gasteiger charge is -2.01. The predicted octanol–water partition coefficient (Wildman–Crippen LogP) is 3.32. The van der Waals surface area contributed by atoms with Crippen molar-refractivity contribution in [3.8, 4) is 11.3 Å². The summed E-state index contributed by atoms with van der Waals surface area (Å²) < 4.78 is 0. The lowest BCUT2D eigenvalue weighted by atomic mass is 10.1. The summed E-state index contributed by atoms with van der Waals surface area (Å²) in [6, 6.07) is 6.56. The number of hydrogen-bond donors (Lipinski definition) is 1. The number of aromatic nitrogens is 1. The van der Waals surface area contributed by atoms with E-state index in [9.17, 15) is 0 Å². The fourth-order valence-corrected chi connectivity index (χ4v) is 2.78. The van der Waals surface area contributed by atoms with Gasteiger partial charge in [-0.1, -0.05) is 17.2 Å². The highest BCUT2D eigenvalue weighted by Crippen LogP contribution is 2.24. The van der Waals surface area contributed by atoms with Crippen LogP contribution in [0, 0.1) is 13.8 Å². The van der Waals surface area contributed by atoms with Crippen molar-refractivity contribution in [1.29, 1.82) is 0 Å². The molecule has 0 saturated heterocycles. The Kier molecular flexibility index (Phi) is 3.92. The third-order valence-electron chi connectivity index (χ3n) is 2.66. The molecule has 1 heterocycles. The van der Waals surface area contributed by atoms with Gasteiger partial charge in [-0.05, 0) is 38.9 Å². The molecule has 0 fully saturated rings. The maximum absolute atomic E-state index is 5.51. The van der Waals surface area contributed by atoms with Crippen LogP contribution < -0.4 is 5.73 Å². The van der Waals surface area contributed by atoms with Crippen molar-refractivity contribution in [3.63, 3.8) is 0 Å². The minimum absolute atomic E-state index is 0.735. The lowest BCUT2D eigenvalue weighted by molar-refractivity contribution is 0.827. The fourth-order valence-electron chi connectivity index (χ4n) is 1.93. The van der Waals surface area contributed by atoms with Gasteiger partial charge in [0.05, 0.1) is 10.7 Å². The van der Waals surface area contributed by atoms with Crippen LogP contribution >= 0.6 is 11.3 Å². The quantitative estimate of drug-likeness (QED) is 0.898. The molecule has 0 unspecified atom stereocenters. The van der Waals surface area contributed by atoms with Crippen molar-refractivity contribution >= 4 is 11.3 Å². The molecule has 17 heavy (non-hydrogen) atoms. The highest BCUT2D eigenvalue weighted by atomic mass is 32.1. The van der Waals surface area contributed by atoms with Crippen LogP contribution in [0.3, 0.4) is 0 Å². The molecule has 2 aromatic rings. The molecule has 0 spiro atoms. The second-order valence-corrected chi connectivity index (χ2v) is 5.34. The zero-order valence-corrected chi connectivity index (χ0v) is 11.2. The highest BCUT2D eigenvalue weighted by molar-refractivity contribution is 7.09. The number of hydrogen-bond acceptors (Lipinski definition) is 3. The molecule has 3 heteroatoms. The molecule has 90 valence electrons. The molecule has 0 aliphatic carbocycles. The summed E-state index contributed by atoms with van der Waals surface area (Å²) in [6.45, 7) is 4.98. The monoisotopic (exact) mass is 246 g/mol. The minimum atomic E-state index is 0.735. The van der Waals surface area contributed by atoms with Crippen LogP contribution in [-0.2, 0) is 6.42 Å². The molecule has 1 aromatic carbocycles. The van der Waals surface area contributed by atoms with Gasteiger partial charge < -0.3 is 5.73 Å². The highest BCUT2D eigenvalue weighted by Gasteiger charge is 2.05. The van der Waals surface area contributed by atoms with E-state index in [1.807, 2.05) is 0 Å². The van der Waals surface area contributed by atoms with Gasteiger partial charge in [0.1, 0.15) is 0 Å². The summed E-state index contributed by atoms with van der Waals surface area (Å²) in [4.78, 5) is 4.66. The summed E-state index contributed by atoms with van der Waals surface area (Å²) in [5.41, 5.74) is 10.4. The second kappa shape index (κ2) is 5.43. The van der Waals surface area contributed by atoms with Crippen molar-refractivity contribution in [1.82, 2.24) is 4.98 Å². The topological polar surface area (TPSA) is 38.9 Å². The first kappa shape index (κ1) is 12.3. The number of thiazole rings is 1. The van der Waals surface area contributed by atoms with E-state index in [0.29, 0.717) is 0 Å². The molecule has 0 bridgehead atoms. The predicted molar refractivity (Wildman–Crippen MR) is 74.4 cm³/mol. The number of aryl methyl sites for hydroxylation is 3. The van der Waals surface area contributed by atoms with Gasteiger partial charge in [-0.25, -0.2) is 4.98 Å². The normalized spacial score (nSPS) is 10.8. The van der Waals surface area contributed by atoms with Crippen LogP contribution in [0.15, 0.2) is 23.6 Å². The molecule has 0 amide bonds. The molecule has 2 N–H and O–H groups in total. The Hall–Kier alpha value is -1.19. The average molecular weight is 246 g/mol. The van der Waals surface area contributed by atoms with E-state index < -0.39 is 0 Å². The number of rotatable bonds is 4. The zero-order chi connectivity index (χ0) is 12.3. The molecule has 0 aliphatic rings. The first-order chi connectivity index (χ1) is 8.19. The van der Waals surface area contributed by atoms with Gasteiger partial charge in [0, 0.05) is 17.4 Å². The largest absolute Gasteiger partial charge is 0.330 e. The van der Waals surface area contributed by atoms with E-state index in [1.165, 1.54) is 21.7 Å². The zero-order valence-electron chi connectivity index (χ0n) is 10.4. The van der Waals surface area contributed by atoms with E-state index >= 15 is 0 Å². The van der Waals surface area contributed by atoms with E-state index in [0.717, 1.165) is 25.1 Å². The number of nitrogens with two attached hydrogens (primary N) is 1. The van der Waals surface area contributed by atoms with Crippen molar-refractivity contribution in [2.75, 3.05) is 6.54 Å². The summed E-state index contributed by atoms with van der Waals surface area (Å²) in [7, 11) is 0. The maximum atomic E-state index is 5.51. The first-order valence-electron chi connectivity index (χ1n) is 5.92. The van der Waals surface area contributed by atoms with Gasteiger partial charge in [0.15, 0.2) is 0 Å². The molecular formula is C14H18N2S. The maximum Gasteiger partial charge on any atom is 0.0933 e. The summed E-state index contributed by atoms with van der Waals surface area (Å²) in [5.74, 6) is 0. The Morgan fingerprint density at radius 3 is 2.53 bits per heavy atom. The van der Waals surface area contributed by atoms with E-state index in [4.69, 9.17) is 5.73 Å². The van der Waals surface area contributed by atoms with Crippen molar-refractivity contribution in [3.05, 3.63) is 39.7 Å². The van der Waals surface area contributed by atoms with E-state index in [1.54, 1.807) is 11.3 Å². The third kappa shape index (κ3) is 3.14. The Morgan fingerprint density at radius 1 is 1.18 bits per heavy atom. The van der Waals surface area contributed by atoms with Crippen LogP contribution in [-0.4, -0.2) is 11.5 Å². The molecular weight excluding hydrogens is 228 g/mol. The molecule has 0 aliphatic heterocycles. The molecule has 1 aromatic heterocycles. The van der Waals surface area contributed by atoms with Gasteiger partial charge in [-0.15, -0.1) is 11.3 Å².